The van der Waals surface area contributed by atoms with Crippen molar-refractivity contribution in [3.63, 3.8) is 0 Å². The number of aromatic nitrogens is 4. The number of nitrogens with zero attached hydrogens (tertiary/aromatic N) is 4. The van der Waals surface area contributed by atoms with Crippen LogP contribution >= 0.6 is 15.9 Å². The van der Waals surface area contributed by atoms with Crippen LogP contribution in [0.4, 0.5) is 0 Å². The van der Waals surface area contributed by atoms with Crippen LogP contribution in [-0.2, 0) is 13.5 Å². The average Bonchev–Trinajstić information content (AvgIpc) is 2.67. The molecule has 0 radical (unpaired) electrons. The molecule has 1 atom stereocenters. The lowest BCUT2D eigenvalue weighted by Crippen LogP contribution is -2.25. The molecule has 0 saturated heterocycles. The lowest BCUT2D eigenvalue weighted by Gasteiger charge is -2.20. The van der Waals surface area contributed by atoms with Crippen LogP contribution in [0.2, 0.25) is 0 Å². The molecule has 0 aliphatic heterocycles. The third-order valence-electron chi connectivity index (χ3n) is 3.62. The predicted molar refractivity (Wildman–Crippen MR) is 87.3 cm³/mol. The molecule has 0 aliphatic rings. The minimum absolute atomic E-state index is 0.204. The molecule has 21 heavy (non-hydrogen) atoms. The molecule has 114 valence electrons. The highest BCUT2D eigenvalue weighted by Crippen LogP contribution is 2.27. The average molecular weight is 352 g/mol. The van der Waals surface area contributed by atoms with Crippen LogP contribution in [0.3, 0.4) is 0 Å². The number of rotatable bonds is 5. The minimum atomic E-state index is 0.204. The van der Waals surface area contributed by atoms with Crippen molar-refractivity contribution in [1.29, 1.82) is 0 Å². The molecule has 2 heterocycles. The fraction of sp³-hybridized carbons (Fsp3) is 0.533. The Balaban J connectivity index is 2.37. The Hall–Kier alpha value is -1.27. The Bertz CT molecular complexity index is 635. The van der Waals surface area contributed by atoms with Crippen molar-refractivity contribution in [2.24, 2.45) is 7.05 Å². The Labute approximate surface area is 134 Å². The van der Waals surface area contributed by atoms with Crippen LogP contribution in [0.25, 0.3) is 0 Å². The second-order valence-electron chi connectivity index (χ2n) is 5.31. The van der Waals surface area contributed by atoms with E-state index in [0.29, 0.717) is 0 Å². The van der Waals surface area contributed by atoms with Gasteiger partial charge >= 0.3 is 0 Å². The molecule has 2 aromatic rings. The summed E-state index contributed by atoms with van der Waals surface area (Å²) in [6, 6.07) is 2.32. The van der Waals surface area contributed by atoms with E-state index in [1.54, 1.807) is 0 Å². The molecule has 1 N–H and O–H groups in total. The standard InChI is InChI=1S/C15H22BrN5/c1-6-17-13(12-7-9(2)18-19-10(12)3)8-14-15(16)11(4)20-21(14)5/h7,13,17H,6,8H2,1-5H3. The van der Waals surface area contributed by atoms with Gasteiger partial charge < -0.3 is 5.32 Å². The van der Waals surface area contributed by atoms with Crippen LogP contribution in [0.1, 0.15) is 41.3 Å². The monoisotopic (exact) mass is 351 g/mol. The second kappa shape index (κ2) is 6.66. The van der Waals surface area contributed by atoms with Crippen molar-refractivity contribution >= 4 is 15.9 Å². The molecular weight excluding hydrogens is 330 g/mol. The molecule has 0 fully saturated rings. The summed E-state index contributed by atoms with van der Waals surface area (Å²) in [6.45, 7) is 9.02. The molecule has 0 bridgehead atoms. The summed E-state index contributed by atoms with van der Waals surface area (Å²) < 4.78 is 3.03. The van der Waals surface area contributed by atoms with Gasteiger partial charge in [0.25, 0.3) is 0 Å². The zero-order chi connectivity index (χ0) is 15.6. The van der Waals surface area contributed by atoms with E-state index in [2.05, 4.69) is 49.5 Å². The summed E-state index contributed by atoms with van der Waals surface area (Å²) in [4.78, 5) is 0. The smallest absolute Gasteiger partial charge is 0.0738 e. The van der Waals surface area contributed by atoms with Crippen molar-refractivity contribution in [2.75, 3.05) is 6.54 Å². The van der Waals surface area contributed by atoms with E-state index in [1.807, 2.05) is 32.5 Å². The second-order valence-corrected chi connectivity index (χ2v) is 6.10. The normalized spacial score (nSPS) is 12.7. The van der Waals surface area contributed by atoms with Gasteiger partial charge in [-0.3, -0.25) is 4.68 Å². The molecule has 0 aliphatic carbocycles. The van der Waals surface area contributed by atoms with E-state index in [1.165, 1.54) is 11.3 Å². The maximum Gasteiger partial charge on any atom is 0.0738 e. The predicted octanol–water partition coefficient (Wildman–Crippen LogP) is 2.79. The molecule has 2 rings (SSSR count). The van der Waals surface area contributed by atoms with Crippen molar-refractivity contribution in [3.8, 4) is 0 Å². The number of nitrogens with one attached hydrogen (secondary N) is 1. The topological polar surface area (TPSA) is 55.6 Å². The molecule has 0 spiro atoms. The molecule has 0 saturated carbocycles. The molecule has 5 nitrogen and oxygen atoms in total. The lowest BCUT2D eigenvalue weighted by atomic mass is 10.00. The lowest BCUT2D eigenvalue weighted by molar-refractivity contribution is 0.521. The van der Waals surface area contributed by atoms with Crippen LogP contribution in [0, 0.1) is 20.8 Å². The highest BCUT2D eigenvalue weighted by Gasteiger charge is 2.20. The SMILES string of the molecule is CCNC(Cc1c(Br)c(C)nn1C)c1cc(C)nnc1C. The summed E-state index contributed by atoms with van der Waals surface area (Å²) in [6.07, 6.45) is 0.859. The number of hydrogen-bond donors (Lipinski definition) is 1. The van der Waals surface area contributed by atoms with Crippen molar-refractivity contribution in [1.82, 2.24) is 25.3 Å². The zero-order valence-corrected chi connectivity index (χ0v) is 14.8. The Kier molecular flexibility index (Phi) is 5.11. The quantitative estimate of drug-likeness (QED) is 0.899. The van der Waals surface area contributed by atoms with Crippen molar-refractivity contribution in [3.05, 3.63) is 38.9 Å². The van der Waals surface area contributed by atoms with Gasteiger partial charge in [0.15, 0.2) is 0 Å². The number of hydrogen-bond acceptors (Lipinski definition) is 4. The van der Waals surface area contributed by atoms with E-state index in [4.69, 9.17) is 0 Å². The van der Waals surface area contributed by atoms with E-state index in [9.17, 15) is 0 Å². The summed E-state index contributed by atoms with van der Waals surface area (Å²) in [5.74, 6) is 0. The summed E-state index contributed by atoms with van der Waals surface area (Å²) in [5.41, 5.74) is 5.33. The Morgan fingerprint density at radius 3 is 2.52 bits per heavy atom. The van der Waals surface area contributed by atoms with Gasteiger partial charge in [-0.2, -0.15) is 15.3 Å². The van der Waals surface area contributed by atoms with Gasteiger partial charge in [0.2, 0.25) is 0 Å². The molecule has 0 aromatic carbocycles. The first-order valence-corrected chi connectivity index (χ1v) is 7.95. The zero-order valence-electron chi connectivity index (χ0n) is 13.2. The molecule has 2 aromatic heterocycles. The maximum absolute atomic E-state index is 4.47. The molecule has 1 unspecified atom stereocenters. The largest absolute Gasteiger partial charge is 0.310 e. The van der Waals surface area contributed by atoms with E-state index < -0.39 is 0 Å². The molecular formula is C15H22BrN5. The van der Waals surface area contributed by atoms with Gasteiger partial charge in [-0.05, 0) is 54.9 Å². The van der Waals surface area contributed by atoms with Crippen molar-refractivity contribution < 1.29 is 0 Å². The first kappa shape index (κ1) is 16.1. The fourth-order valence-corrected chi connectivity index (χ4v) is 3.05. The number of likely N-dealkylation sites (N-methyl/N-ethyl adjacent to an activating group) is 1. The van der Waals surface area contributed by atoms with Crippen molar-refractivity contribution in [2.45, 2.75) is 40.2 Å². The van der Waals surface area contributed by atoms with Crippen LogP contribution < -0.4 is 5.32 Å². The minimum Gasteiger partial charge on any atom is -0.310 e. The van der Waals surface area contributed by atoms with Gasteiger partial charge in [-0.15, -0.1) is 0 Å². The first-order valence-electron chi connectivity index (χ1n) is 7.16. The van der Waals surface area contributed by atoms with E-state index in [0.717, 1.165) is 34.5 Å². The van der Waals surface area contributed by atoms with E-state index >= 15 is 0 Å². The van der Waals surface area contributed by atoms with Crippen LogP contribution in [-0.4, -0.2) is 26.5 Å². The molecule has 0 amide bonds. The van der Waals surface area contributed by atoms with Gasteiger partial charge in [-0.25, -0.2) is 0 Å². The van der Waals surface area contributed by atoms with Gasteiger partial charge in [0.1, 0.15) is 0 Å². The van der Waals surface area contributed by atoms with Gasteiger partial charge in [0.05, 0.1) is 27.2 Å². The Morgan fingerprint density at radius 2 is 1.95 bits per heavy atom. The highest BCUT2D eigenvalue weighted by molar-refractivity contribution is 9.10. The molecule has 6 heteroatoms. The Morgan fingerprint density at radius 1 is 1.24 bits per heavy atom. The van der Waals surface area contributed by atoms with Crippen LogP contribution in [0.5, 0.6) is 0 Å². The third kappa shape index (κ3) is 3.49. The number of aryl methyl sites for hydroxylation is 4. The van der Waals surface area contributed by atoms with Gasteiger partial charge in [0, 0.05) is 19.5 Å². The fourth-order valence-electron chi connectivity index (χ4n) is 2.56. The summed E-state index contributed by atoms with van der Waals surface area (Å²) in [5, 5.41) is 16.4. The van der Waals surface area contributed by atoms with E-state index in [-0.39, 0.29) is 6.04 Å². The first-order chi connectivity index (χ1) is 9.93. The summed E-state index contributed by atoms with van der Waals surface area (Å²) in [7, 11) is 1.99. The maximum atomic E-state index is 4.47. The third-order valence-corrected chi connectivity index (χ3v) is 4.66. The highest BCUT2D eigenvalue weighted by atomic mass is 79.9. The van der Waals surface area contributed by atoms with Gasteiger partial charge in [-0.1, -0.05) is 6.92 Å². The van der Waals surface area contributed by atoms with Crippen LogP contribution in [0.15, 0.2) is 10.5 Å². The number of halogens is 1. The summed E-state index contributed by atoms with van der Waals surface area (Å²) >= 11 is 3.65.